The minimum atomic E-state index is -0.531. The molecule has 0 radical (unpaired) electrons. The van der Waals surface area contributed by atoms with Crippen molar-refractivity contribution < 1.29 is 19.1 Å². The molecular weight excluding hydrogens is 258 g/mol. The van der Waals surface area contributed by atoms with Crippen molar-refractivity contribution in [3.8, 4) is 0 Å². The third kappa shape index (κ3) is 2.17. The van der Waals surface area contributed by atoms with Gasteiger partial charge in [-0.1, -0.05) is 0 Å². The van der Waals surface area contributed by atoms with E-state index in [-0.39, 0.29) is 6.09 Å². The highest BCUT2D eigenvalue weighted by molar-refractivity contribution is 5.69. The van der Waals surface area contributed by atoms with Crippen LogP contribution in [0.15, 0.2) is 0 Å². The van der Waals surface area contributed by atoms with Crippen LogP contribution in [0.3, 0.4) is 0 Å². The Kier molecular flexibility index (Phi) is 2.99. The van der Waals surface area contributed by atoms with Crippen LogP contribution in [0.4, 0.5) is 4.79 Å². The van der Waals surface area contributed by atoms with Crippen LogP contribution in [0, 0.1) is 17.3 Å². The fourth-order valence-corrected chi connectivity index (χ4v) is 4.00. The minimum Gasteiger partial charge on any atom is -0.444 e. The van der Waals surface area contributed by atoms with Crippen molar-refractivity contribution in [1.29, 1.82) is 0 Å². The monoisotopic (exact) mass is 281 g/mol. The molecule has 112 valence electrons. The molecule has 3 saturated carbocycles. The Labute approximate surface area is 119 Å². The minimum absolute atomic E-state index is 0.376. The fourth-order valence-electron chi connectivity index (χ4n) is 4.00. The highest BCUT2D eigenvalue weighted by Crippen LogP contribution is 2.69. The summed E-state index contributed by atoms with van der Waals surface area (Å²) in [6.45, 7) is 6.62. The molecule has 4 aliphatic rings. The number of amides is 1. The zero-order valence-corrected chi connectivity index (χ0v) is 12.4. The summed E-state index contributed by atoms with van der Waals surface area (Å²) in [5, 5.41) is 0. The van der Waals surface area contributed by atoms with E-state index in [1.165, 1.54) is 19.3 Å². The Bertz CT molecular complexity index is 411. The van der Waals surface area contributed by atoms with Gasteiger partial charge in [0.05, 0.1) is 0 Å². The molecule has 4 fully saturated rings. The Balaban J connectivity index is 1.67. The largest absolute Gasteiger partial charge is 0.444 e. The second-order valence-electron chi connectivity index (χ2n) is 7.59. The number of nitrogens with zero attached hydrogens (tertiary/aromatic N) is 1. The van der Waals surface area contributed by atoms with Gasteiger partial charge in [0, 0.05) is 13.0 Å². The molecule has 3 aliphatic carbocycles. The van der Waals surface area contributed by atoms with E-state index in [4.69, 9.17) is 9.47 Å². The van der Waals surface area contributed by atoms with Gasteiger partial charge in [-0.2, -0.15) is 0 Å². The summed E-state index contributed by atoms with van der Waals surface area (Å²) in [7, 11) is 0. The van der Waals surface area contributed by atoms with E-state index in [9.17, 15) is 9.59 Å². The second-order valence-corrected chi connectivity index (χ2v) is 7.59. The van der Waals surface area contributed by atoms with Crippen LogP contribution in [0.5, 0.6) is 0 Å². The van der Waals surface area contributed by atoms with E-state index in [2.05, 4.69) is 0 Å². The van der Waals surface area contributed by atoms with Gasteiger partial charge in [-0.3, -0.25) is 9.69 Å². The molecule has 1 amide bonds. The maximum atomic E-state index is 12.2. The second kappa shape index (κ2) is 4.37. The summed E-state index contributed by atoms with van der Waals surface area (Å²) < 4.78 is 10.5. The molecule has 20 heavy (non-hydrogen) atoms. The van der Waals surface area contributed by atoms with Crippen molar-refractivity contribution >= 4 is 12.6 Å². The topological polar surface area (TPSA) is 55.8 Å². The van der Waals surface area contributed by atoms with Crippen molar-refractivity contribution in [1.82, 2.24) is 4.90 Å². The molecule has 0 aromatic heterocycles. The van der Waals surface area contributed by atoms with Crippen molar-refractivity contribution in [2.75, 3.05) is 6.54 Å². The first-order valence-electron chi connectivity index (χ1n) is 7.42. The van der Waals surface area contributed by atoms with Crippen molar-refractivity contribution in [2.24, 2.45) is 17.3 Å². The van der Waals surface area contributed by atoms with Gasteiger partial charge in [-0.05, 0) is 57.3 Å². The predicted molar refractivity (Wildman–Crippen MR) is 71.8 cm³/mol. The van der Waals surface area contributed by atoms with Crippen molar-refractivity contribution in [3.05, 3.63) is 0 Å². The van der Waals surface area contributed by atoms with E-state index >= 15 is 0 Å². The molecule has 0 aromatic rings. The molecule has 0 spiro atoms. The molecule has 1 heterocycles. The Morgan fingerprint density at radius 2 is 1.95 bits per heavy atom. The summed E-state index contributed by atoms with van der Waals surface area (Å²) in [4.78, 5) is 24.5. The lowest BCUT2D eigenvalue weighted by Crippen LogP contribution is -2.56. The van der Waals surface area contributed by atoms with Gasteiger partial charge in [0.2, 0.25) is 0 Å². The Morgan fingerprint density at radius 3 is 2.40 bits per heavy atom. The maximum Gasteiger partial charge on any atom is 0.413 e. The third-order valence-corrected chi connectivity index (χ3v) is 5.04. The Hall–Kier alpha value is -1.26. The maximum absolute atomic E-state index is 12.2. The van der Waals surface area contributed by atoms with Gasteiger partial charge in [0.15, 0.2) is 6.23 Å². The third-order valence-electron chi connectivity index (χ3n) is 5.04. The van der Waals surface area contributed by atoms with Crippen LogP contribution in [0.2, 0.25) is 0 Å². The lowest BCUT2D eigenvalue weighted by atomic mass is 9.40. The van der Waals surface area contributed by atoms with Gasteiger partial charge in [-0.25, -0.2) is 4.79 Å². The highest BCUT2D eigenvalue weighted by Gasteiger charge is 2.62. The van der Waals surface area contributed by atoms with E-state index in [0.29, 0.717) is 24.3 Å². The molecule has 1 unspecified atom stereocenters. The van der Waals surface area contributed by atoms with E-state index in [0.717, 1.165) is 12.3 Å². The number of ether oxygens (including phenoxy) is 2. The SMILES string of the molecule is CC(C)(C)OC(=O)N1CC(C23CC(C2)C3)C[C@H]1OC=O. The first-order valence-corrected chi connectivity index (χ1v) is 7.42. The molecule has 0 aromatic carbocycles. The molecule has 5 nitrogen and oxygen atoms in total. The summed E-state index contributed by atoms with van der Waals surface area (Å²) >= 11 is 0. The molecule has 2 atom stereocenters. The molecule has 1 aliphatic heterocycles. The van der Waals surface area contributed by atoms with Crippen molar-refractivity contribution in [2.45, 2.75) is 58.3 Å². The van der Waals surface area contributed by atoms with Gasteiger partial charge >= 0.3 is 6.09 Å². The van der Waals surface area contributed by atoms with Gasteiger partial charge in [0.1, 0.15) is 5.60 Å². The van der Waals surface area contributed by atoms with Gasteiger partial charge < -0.3 is 9.47 Å². The first kappa shape index (κ1) is 13.7. The quantitative estimate of drug-likeness (QED) is 0.746. The molecule has 4 rings (SSSR count). The average molecular weight is 281 g/mol. The van der Waals surface area contributed by atoms with Crippen LogP contribution >= 0.6 is 0 Å². The summed E-state index contributed by atoms with van der Waals surface area (Å²) in [5.74, 6) is 1.36. The average Bonchev–Trinajstić information content (AvgIpc) is 2.55. The number of carbonyl (C=O) groups is 2. The normalized spacial score (nSPS) is 38.8. The van der Waals surface area contributed by atoms with Crippen LogP contribution in [0.1, 0.15) is 46.5 Å². The summed E-state index contributed by atoms with van der Waals surface area (Å²) in [6.07, 6.45) is 3.78. The van der Waals surface area contributed by atoms with E-state index < -0.39 is 11.8 Å². The predicted octanol–water partition coefficient (Wildman–Crippen LogP) is 2.54. The lowest BCUT2D eigenvalue weighted by molar-refractivity contribution is -0.151. The number of hydrogen-bond donors (Lipinski definition) is 0. The number of rotatable bonds is 3. The molecule has 1 saturated heterocycles. The van der Waals surface area contributed by atoms with Crippen LogP contribution < -0.4 is 0 Å². The van der Waals surface area contributed by atoms with E-state index in [1.807, 2.05) is 20.8 Å². The smallest absolute Gasteiger partial charge is 0.413 e. The highest BCUT2D eigenvalue weighted by atomic mass is 16.6. The standard InChI is InChI=1S/C15H23NO4/c1-14(2,3)20-13(18)16-8-11(4-12(16)19-9-17)15-5-10(6-15)7-15/h9-12H,4-8H2,1-3H3/t10?,11?,12-,15?/m1/s1. The number of carbonyl (C=O) groups excluding carboxylic acids is 2. The molecular formula is C15H23NO4. The van der Waals surface area contributed by atoms with Crippen LogP contribution in [-0.4, -0.2) is 35.8 Å². The zero-order chi connectivity index (χ0) is 14.5. The van der Waals surface area contributed by atoms with Gasteiger partial charge in [0.25, 0.3) is 6.47 Å². The van der Waals surface area contributed by atoms with E-state index in [1.54, 1.807) is 4.90 Å². The van der Waals surface area contributed by atoms with Crippen LogP contribution in [-0.2, 0) is 14.3 Å². The summed E-state index contributed by atoms with van der Waals surface area (Å²) in [5.41, 5.74) is -0.108. The first-order chi connectivity index (χ1) is 9.33. The fraction of sp³-hybridized carbons (Fsp3) is 0.867. The van der Waals surface area contributed by atoms with Gasteiger partial charge in [-0.15, -0.1) is 0 Å². The molecule has 5 heteroatoms. The Morgan fingerprint density at radius 1 is 1.30 bits per heavy atom. The molecule has 2 bridgehead atoms. The molecule has 0 N–H and O–H groups in total. The van der Waals surface area contributed by atoms with Crippen molar-refractivity contribution in [3.63, 3.8) is 0 Å². The number of hydrogen-bond acceptors (Lipinski definition) is 4. The lowest BCUT2D eigenvalue weighted by Gasteiger charge is -2.65. The number of likely N-dealkylation sites (tertiary alicyclic amines) is 1. The summed E-state index contributed by atoms with van der Waals surface area (Å²) in [6, 6.07) is 0. The zero-order valence-electron chi connectivity index (χ0n) is 12.4. The van der Waals surface area contributed by atoms with Crippen LogP contribution in [0.25, 0.3) is 0 Å².